The van der Waals surface area contributed by atoms with Crippen molar-refractivity contribution >= 4 is 30.3 Å². The average Bonchev–Trinajstić information content (AvgIpc) is 2.66. The predicted molar refractivity (Wildman–Crippen MR) is 131 cm³/mol. The van der Waals surface area contributed by atoms with Gasteiger partial charge in [0.25, 0.3) is 0 Å². The quantitative estimate of drug-likeness (QED) is 0.292. The lowest BCUT2D eigenvalue weighted by Gasteiger charge is -2.19. The highest BCUT2D eigenvalue weighted by molar-refractivity contribution is 6.58. The molecule has 1 rings (SSSR count). The number of hydrogen-bond acceptors (Lipinski definition) is 6. The minimum atomic E-state index is -1.51. The van der Waals surface area contributed by atoms with Gasteiger partial charge in [-0.15, -0.1) is 0 Å². The van der Waals surface area contributed by atoms with E-state index < -0.39 is 12.7 Å². The topological polar surface area (TPSA) is 120 Å². The second-order valence-electron chi connectivity index (χ2n) is 9.03. The Morgan fingerprint density at radius 2 is 1.66 bits per heavy atom. The summed E-state index contributed by atoms with van der Waals surface area (Å²) in [6, 6.07) is 6.47. The van der Waals surface area contributed by atoms with Gasteiger partial charge < -0.3 is 30.7 Å². The molecule has 2 amide bonds. The molecule has 0 aromatic heterocycles. The van der Waals surface area contributed by atoms with Gasteiger partial charge in [-0.05, 0) is 50.7 Å². The summed E-state index contributed by atoms with van der Waals surface area (Å²) in [5.74, 6) is 0.237. The number of amides is 2. The van der Waals surface area contributed by atoms with E-state index in [1.165, 1.54) is 6.07 Å². The SMILES string of the molecule is C=C(NCCCNC(=O)OC(C)(C)C)C(C)C.CC(C)C(=O)Nc1cccc(B(O)O)c1. The third-order valence-electron chi connectivity index (χ3n) is 4.05. The van der Waals surface area contributed by atoms with Crippen LogP contribution in [0.5, 0.6) is 0 Å². The Labute approximate surface area is 193 Å². The molecule has 0 atom stereocenters. The molecule has 8 nitrogen and oxygen atoms in total. The summed E-state index contributed by atoms with van der Waals surface area (Å²) in [5.41, 5.74) is 1.52. The minimum Gasteiger partial charge on any atom is -0.444 e. The number of nitrogens with one attached hydrogen (secondary N) is 3. The zero-order chi connectivity index (χ0) is 24.9. The van der Waals surface area contributed by atoms with Crippen LogP contribution >= 0.6 is 0 Å². The Hall–Kier alpha value is -2.52. The standard InChI is InChI=1S/C13H26N2O2.C10H14BNO3/c1-10(2)11(3)14-8-7-9-15-12(16)17-13(4,5)6;1-7(2)10(13)12-9-5-3-4-8(6-9)11(14)15/h10,14H,3,7-9H2,1-2,4-6H3,(H,15,16);3-7,14-15H,1-2H3,(H,12,13). The normalized spacial score (nSPS) is 10.7. The molecule has 0 aliphatic heterocycles. The van der Waals surface area contributed by atoms with Crippen LogP contribution in [0.1, 0.15) is 54.9 Å². The molecule has 0 bridgehead atoms. The molecule has 0 aliphatic rings. The second kappa shape index (κ2) is 14.5. The van der Waals surface area contributed by atoms with Gasteiger partial charge in [0.1, 0.15) is 5.60 Å². The Morgan fingerprint density at radius 1 is 1.06 bits per heavy atom. The molecule has 0 saturated heterocycles. The van der Waals surface area contributed by atoms with Crippen LogP contribution in [0.2, 0.25) is 0 Å². The monoisotopic (exact) mass is 449 g/mol. The molecule has 0 radical (unpaired) electrons. The van der Waals surface area contributed by atoms with Crippen LogP contribution in [0, 0.1) is 11.8 Å². The maximum Gasteiger partial charge on any atom is 0.488 e. The fourth-order valence-corrected chi connectivity index (χ4v) is 2.11. The van der Waals surface area contributed by atoms with Crippen LogP contribution in [-0.2, 0) is 9.53 Å². The van der Waals surface area contributed by atoms with Gasteiger partial charge in [0.15, 0.2) is 0 Å². The summed E-state index contributed by atoms with van der Waals surface area (Å²) in [6.45, 7) is 18.6. The number of anilines is 1. The van der Waals surface area contributed by atoms with Crippen LogP contribution < -0.4 is 21.4 Å². The van der Waals surface area contributed by atoms with Crippen molar-refractivity contribution in [2.75, 3.05) is 18.4 Å². The van der Waals surface area contributed by atoms with Crippen molar-refractivity contribution in [3.05, 3.63) is 36.5 Å². The van der Waals surface area contributed by atoms with Crippen molar-refractivity contribution in [3.8, 4) is 0 Å². The lowest BCUT2D eigenvalue weighted by Crippen LogP contribution is -2.34. The molecular formula is C23H40BN3O5. The number of carbonyl (C=O) groups is 2. The third kappa shape index (κ3) is 14.5. The Balaban J connectivity index is 0.000000604. The highest BCUT2D eigenvalue weighted by atomic mass is 16.6. The number of benzene rings is 1. The number of alkyl carbamates (subject to hydrolysis) is 1. The summed E-state index contributed by atoms with van der Waals surface area (Å²) in [5, 5.41) is 26.5. The van der Waals surface area contributed by atoms with Gasteiger partial charge in [0.2, 0.25) is 5.91 Å². The van der Waals surface area contributed by atoms with Gasteiger partial charge in [-0.3, -0.25) is 4.79 Å². The molecular weight excluding hydrogens is 409 g/mol. The van der Waals surface area contributed by atoms with Crippen molar-refractivity contribution in [2.24, 2.45) is 11.8 Å². The minimum absolute atomic E-state index is 0.0976. The first kappa shape index (κ1) is 29.5. The van der Waals surface area contributed by atoms with E-state index in [-0.39, 0.29) is 17.9 Å². The van der Waals surface area contributed by atoms with E-state index >= 15 is 0 Å². The van der Waals surface area contributed by atoms with Crippen LogP contribution in [0.15, 0.2) is 36.5 Å². The van der Waals surface area contributed by atoms with Crippen molar-refractivity contribution in [3.63, 3.8) is 0 Å². The van der Waals surface area contributed by atoms with Gasteiger partial charge in [-0.2, -0.15) is 0 Å². The summed E-state index contributed by atoms with van der Waals surface area (Å²) in [4.78, 5) is 22.6. The molecule has 5 N–H and O–H groups in total. The molecule has 0 aliphatic carbocycles. The number of hydrogen-bond donors (Lipinski definition) is 5. The van der Waals surface area contributed by atoms with Gasteiger partial charge in [-0.25, -0.2) is 4.79 Å². The van der Waals surface area contributed by atoms with Crippen LogP contribution in [0.25, 0.3) is 0 Å². The van der Waals surface area contributed by atoms with Gasteiger partial charge >= 0.3 is 13.2 Å². The van der Waals surface area contributed by atoms with E-state index in [0.29, 0.717) is 23.6 Å². The Kier molecular flexibility index (Phi) is 13.4. The van der Waals surface area contributed by atoms with E-state index in [0.717, 1.165) is 18.7 Å². The zero-order valence-electron chi connectivity index (χ0n) is 20.5. The maximum atomic E-state index is 11.4. The predicted octanol–water partition coefficient (Wildman–Crippen LogP) is 2.62. The summed E-state index contributed by atoms with van der Waals surface area (Å²) >= 11 is 0. The first-order valence-electron chi connectivity index (χ1n) is 10.9. The largest absolute Gasteiger partial charge is 0.488 e. The highest BCUT2D eigenvalue weighted by Gasteiger charge is 2.15. The first-order valence-corrected chi connectivity index (χ1v) is 10.9. The molecule has 0 unspecified atom stereocenters. The highest BCUT2D eigenvalue weighted by Crippen LogP contribution is 2.07. The molecule has 32 heavy (non-hydrogen) atoms. The first-order chi connectivity index (χ1) is 14.7. The molecule has 0 fully saturated rings. The molecule has 0 saturated carbocycles. The molecule has 1 aromatic carbocycles. The fraction of sp³-hybridized carbons (Fsp3) is 0.565. The number of ether oxygens (including phenoxy) is 1. The second-order valence-corrected chi connectivity index (χ2v) is 9.03. The van der Waals surface area contributed by atoms with Crippen molar-refractivity contribution in [1.29, 1.82) is 0 Å². The molecule has 1 aromatic rings. The Morgan fingerprint density at radius 3 is 2.16 bits per heavy atom. The van der Waals surface area contributed by atoms with Crippen molar-refractivity contribution < 1.29 is 24.4 Å². The average molecular weight is 449 g/mol. The zero-order valence-corrected chi connectivity index (χ0v) is 20.5. The van der Waals surface area contributed by atoms with Gasteiger partial charge in [0.05, 0.1) is 0 Å². The van der Waals surface area contributed by atoms with Crippen LogP contribution in [-0.4, -0.2) is 47.9 Å². The Bertz CT molecular complexity index is 731. The number of rotatable bonds is 9. The van der Waals surface area contributed by atoms with Crippen molar-refractivity contribution in [1.82, 2.24) is 10.6 Å². The van der Waals surface area contributed by atoms with E-state index in [2.05, 4.69) is 36.4 Å². The third-order valence-corrected chi connectivity index (χ3v) is 4.05. The summed E-state index contributed by atoms with van der Waals surface area (Å²) in [7, 11) is -1.51. The van der Waals surface area contributed by atoms with E-state index in [9.17, 15) is 9.59 Å². The molecule has 9 heteroatoms. The lowest BCUT2D eigenvalue weighted by atomic mass is 9.80. The molecule has 0 heterocycles. The van der Waals surface area contributed by atoms with Gasteiger partial charge in [-0.1, -0.05) is 46.4 Å². The lowest BCUT2D eigenvalue weighted by molar-refractivity contribution is -0.118. The number of carbonyl (C=O) groups excluding carboxylic acids is 2. The van der Waals surface area contributed by atoms with E-state index in [1.807, 2.05) is 20.8 Å². The summed E-state index contributed by atoms with van der Waals surface area (Å²) in [6.07, 6.45) is 0.491. The summed E-state index contributed by atoms with van der Waals surface area (Å²) < 4.78 is 5.12. The van der Waals surface area contributed by atoms with E-state index in [1.54, 1.807) is 32.0 Å². The fourth-order valence-electron chi connectivity index (χ4n) is 2.11. The number of allylic oxidation sites excluding steroid dienone is 1. The van der Waals surface area contributed by atoms with E-state index in [4.69, 9.17) is 14.8 Å². The van der Waals surface area contributed by atoms with Crippen LogP contribution in [0.4, 0.5) is 10.5 Å². The smallest absolute Gasteiger partial charge is 0.444 e. The van der Waals surface area contributed by atoms with Gasteiger partial charge in [0, 0.05) is 30.4 Å². The maximum absolute atomic E-state index is 11.4. The molecule has 0 spiro atoms. The van der Waals surface area contributed by atoms with Crippen molar-refractivity contribution in [2.45, 2.75) is 60.5 Å². The molecule has 180 valence electrons. The van der Waals surface area contributed by atoms with Crippen LogP contribution in [0.3, 0.4) is 0 Å².